The fourth-order valence-corrected chi connectivity index (χ4v) is 4.81. The van der Waals surface area contributed by atoms with Crippen LogP contribution in [0.3, 0.4) is 0 Å². The van der Waals surface area contributed by atoms with Crippen molar-refractivity contribution in [3.05, 3.63) is 55.3 Å². The molecule has 0 bridgehead atoms. The highest BCUT2D eigenvalue weighted by molar-refractivity contribution is 7.14. The van der Waals surface area contributed by atoms with Crippen LogP contribution in [-0.2, 0) is 28.8 Å². The molecular formula is C19H18N2O5S. The number of fused-ring (bicyclic) bond motifs is 2. The number of benzene rings is 1. The zero-order valence-electron chi connectivity index (χ0n) is 14.6. The van der Waals surface area contributed by atoms with Crippen LogP contribution in [-0.4, -0.2) is 30.0 Å². The average molecular weight is 386 g/mol. The van der Waals surface area contributed by atoms with Crippen LogP contribution in [0.2, 0.25) is 0 Å². The summed E-state index contributed by atoms with van der Waals surface area (Å²) in [6.45, 7) is 0.173. The highest BCUT2D eigenvalue weighted by atomic mass is 32.1. The number of nitrogens with zero attached hydrogens (tertiary/aromatic N) is 2. The molecule has 0 N–H and O–H groups in total. The molecule has 2 heterocycles. The lowest BCUT2D eigenvalue weighted by Crippen LogP contribution is -2.38. The van der Waals surface area contributed by atoms with Crippen LogP contribution in [0.15, 0.2) is 24.3 Å². The zero-order chi connectivity index (χ0) is 19.0. The number of nitro groups is 1. The van der Waals surface area contributed by atoms with Crippen molar-refractivity contribution < 1.29 is 19.2 Å². The number of carbonyl (C=O) groups is 2. The summed E-state index contributed by atoms with van der Waals surface area (Å²) in [7, 11) is 0. The van der Waals surface area contributed by atoms with Crippen LogP contribution in [0.25, 0.3) is 0 Å². The standard InChI is InChI=1S/C19H18N2O5S/c22-18(11-26-19(23)17-10-13-3-1-5-16(13)27-17)20-8-2-4-12-9-14(21(24)25)6-7-15(12)20/h6-7,9-10H,1-5,8,11H2. The van der Waals surface area contributed by atoms with E-state index >= 15 is 0 Å². The molecule has 0 spiro atoms. The maximum atomic E-state index is 12.6. The second kappa shape index (κ2) is 7.11. The molecule has 0 saturated carbocycles. The summed E-state index contributed by atoms with van der Waals surface area (Å²) in [5, 5.41) is 10.9. The van der Waals surface area contributed by atoms with Crippen molar-refractivity contribution in [2.24, 2.45) is 0 Å². The largest absolute Gasteiger partial charge is 0.451 e. The lowest BCUT2D eigenvalue weighted by molar-refractivity contribution is -0.384. The summed E-state index contributed by atoms with van der Waals surface area (Å²) in [5.74, 6) is -0.786. The van der Waals surface area contributed by atoms with Crippen LogP contribution >= 0.6 is 11.3 Å². The van der Waals surface area contributed by atoms with Crippen LogP contribution in [0, 0.1) is 10.1 Å². The third kappa shape index (κ3) is 3.44. The molecule has 140 valence electrons. The normalized spacial score (nSPS) is 15.2. The number of aryl methyl sites for hydroxylation is 3. The molecule has 2 aromatic rings. The number of anilines is 1. The first-order valence-electron chi connectivity index (χ1n) is 8.89. The van der Waals surface area contributed by atoms with Crippen molar-refractivity contribution >= 4 is 34.6 Å². The van der Waals surface area contributed by atoms with Crippen LogP contribution < -0.4 is 4.90 Å². The van der Waals surface area contributed by atoms with E-state index in [9.17, 15) is 19.7 Å². The fraction of sp³-hybridized carbons (Fsp3) is 0.368. The molecule has 27 heavy (non-hydrogen) atoms. The zero-order valence-corrected chi connectivity index (χ0v) is 15.4. The van der Waals surface area contributed by atoms with E-state index in [-0.39, 0.29) is 18.2 Å². The Labute approximate surface area is 159 Å². The van der Waals surface area contributed by atoms with Crippen molar-refractivity contribution in [1.29, 1.82) is 0 Å². The molecule has 0 atom stereocenters. The number of non-ortho nitro benzene ring substituents is 1. The Bertz CT molecular complexity index is 915. The predicted molar refractivity (Wildman–Crippen MR) is 100 cm³/mol. The number of amides is 1. The van der Waals surface area contributed by atoms with Gasteiger partial charge in [-0.3, -0.25) is 14.9 Å². The van der Waals surface area contributed by atoms with Gasteiger partial charge in [-0.2, -0.15) is 0 Å². The number of ether oxygens (including phenoxy) is 1. The molecule has 1 amide bonds. The molecule has 4 rings (SSSR count). The molecule has 0 fully saturated rings. The number of hydrogen-bond donors (Lipinski definition) is 0. The van der Waals surface area contributed by atoms with Crippen molar-refractivity contribution in [2.45, 2.75) is 32.1 Å². The van der Waals surface area contributed by atoms with E-state index in [2.05, 4.69) is 0 Å². The molecule has 1 aromatic heterocycles. The Morgan fingerprint density at radius 3 is 2.74 bits per heavy atom. The van der Waals surface area contributed by atoms with E-state index in [4.69, 9.17) is 4.74 Å². The van der Waals surface area contributed by atoms with Crippen molar-refractivity contribution in [2.75, 3.05) is 18.1 Å². The summed E-state index contributed by atoms with van der Waals surface area (Å²) in [6, 6.07) is 6.36. The first kappa shape index (κ1) is 17.7. The lowest BCUT2D eigenvalue weighted by Gasteiger charge is -2.29. The monoisotopic (exact) mass is 386 g/mol. The number of esters is 1. The van der Waals surface area contributed by atoms with E-state index < -0.39 is 10.9 Å². The van der Waals surface area contributed by atoms with Crippen molar-refractivity contribution in [3.8, 4) is 0 Å². The molecular weight excluding hydrogens is 368 g/mol. The third-order valence-electron chi connectivity index (χ3n) is 4.97. The predicted octanol–water partition coefficient (Wildman–Crippen LogP) is 3.28. The molecule has 1 aliphatic heterocycles. The van der Waals surface area contributed by atoms with Gasteiger partial charge in [-0.1, -0.05) is 0 Å². The van der Waals surface area contributed by atoms with Gasteiger partial charge in [-0.15, -0.1) is 11.3 Å². The van der Waals surface area contributed by atoms with E-state index in [1.165, 1.54) is 33.9 Å². The minimum Gasteiger partial charge on any atom is -0.451 e. The highest BCUT2D eigenvalue weighted by Crippen LogP contribution is 2.32. The van der Waals surface area contributed by atoms with Gasteiger partial charge in [0.05, 0.1) is 4.92 Å². The van der Waals surface area contributed by atoms with Gasteiger partial charge in [0.15, 0.2) is 6.61 Å². The van der Waals surface area contributed by atoms with Crippen LogP contribution in [0.1, 0.15) is 38.5 Å². The van der Waals surface area contributed by atoms with E-state index in [0.29, 0.717) is 30.0 Å². The topological polar surface area (TPSA) is 89.8 Å². The maximum Gasteiger partial charge on any atom is 0.348 e. The van der Waals surface area contributed by atoms with E-state index in [1.54, 1.807) is 11.0 Å². The number of thiophene rings is 1. The fourth-order valence-electron chi connectivity index (χ4n) is 3.66. The van der Waals surface area contributed by atoms with Gasteiger partial charge in [0.1, 0.15) is 4.88 Å². The molecule has 1 aliphatic carbocycles. The van der Waals surface area contributed by atoms with Crippen molar-refractivity contribution in [1.82, 2.24) is 0 Å². The summed E-state index contributed by atoms with van der Waals surface area (Å²) < 4.78 is 5.23. The average Bonchev–Trinajstić information content (AvgIpc) is 3.27. The van der Waals surface area contributed by atoms with Gasteiger partial charge in [0.2, 0.25) is 0 Å². The summed E-state index contributed by atoms with van der Waals surface area (Å²) >= 11 is 1.45. The first-order valence-corrected chi connectivity index (χ1v) is 9.71. The van der Waals surface area contributed by atoms with Gasteiger partial charge >= 0.3 is 5.97 Å². The second-order valence-electron chi connectivity index (χ2n) is 6.71. The van der Waals surface area contributed by atoms with Crippen molar-refractivity contribution in [3.63, 3.8) is 0 Å². The Kier molecular flexibility index (Phi) is 4.65. The Hall–Kier alpha value is -2.74. The van der Waals surface area contributed by atoms with Gasteiger partial charge in [-0.25, -0.2) is 4.79 Å². The smallest absolute Gasteiger partial charge is 0.348 e. The van der Waals surface area contributed by atoms with E-state index in [0.717, 1.165) is 24.8 Å². The molecule has 2 aliphatic rings. The number of carbonyl (C=O) groups excluding carboxylic acids is 2. The van der Waals surface area contributed by atoms with Gasteiger partial charge < -0.3 is 9.64 Å². The summed E-state index contributed by atoms with van der Waals surface area (Å²) in [5.41, 5.74) is 2.65. The maximum absolute atomic E-state index is 12.6. The Morgan fingerprint density at radius 1 is 1.15 bits per heavy atom. The SMILES string of the molecule is O=C(OCC(=O)N1CCCc2cc([N+](=O)[O-])ccc21)c1cc2c(s1)CCC2. The third-order valence-corrected chi connectivity index (χ3v) is 6.19. The summed E-state index contributed by atoms with van der Waals surface area (Å²) in [6.07, 6.45) is 4.52. The van der Waals surface area contributed by atoms with Gasteiger partial charge in [0.25, 0.3) is 11.6 Å². The van der Waals surface area contributed by atoms with Crippen LogP contribution in [0.5, 0.6) is 0 Å². The molecule has 0 radical (unpaired) electrons. The molecule has 7 nitrogen and oxygen atoms in total. The Balaban J connectivity index is 1.43. The quantitative estimate of drug-likeness (QED) is 0.457. The minimum atomic E-state index is -0.469. The Morgan fingerprint density at radius 2 is 1.96 bits per heavy atom. The number of hydrogen-bond acceptors (Lipinski definition) is 6. The highest BCUT2D eigenvalue weighted by Gasteiger charge is 2.26. The molecule has 1 aromatic carbocycles. The van der Waals surface area contributed by atoms with Gasteiger partial charge in [0, 0.05) is 29.2 Å². The van der Waals surface area contributed by atoms with E-state index in [1.807, 2.05) is 6.07 Å². The lowest BCUT2D eigenvalue weighted by atomic mass is 10.0. The number of nitro benzene ring substituents is 1. The second-order valence-corrected chi connectivity index (χ2v) is 7.84. The summed E-state index contributed by atoms with van der Waals surface area (Å²) in [4.78, 5) is 38.6. The molecule has 8 heteroatoms. The minimum absolute atomic E-state index is 0.0141. The van der Waals surface area contributed by atoms with Gasteiger partial charge in [-0.05, 0) is 55.4 Å². The molecule has 0 unspecified atom stereocenters. The van der Waals surface area contributed by atoms with Crippen LogP contribution in [0.4, 0.5) is 11.4 Å². The molecule has 0 saturated heterocycles. The first-order chi connectivity index (χ1) is 13.0. The number of rotatable bonds is 4.